The van der Waals surface area contributed by atoms with Crippen LogP contribution in [0, 0.1) is 11.7 Å². The van der Waals surface area contributed by atoms with E-state index in [4.69, 9.17) is 0 Å². The predicted molar refractivity (Wildman–Crippen MR) is 54.3 cm³/mol. The first-order chi connectivity index (χ1) is 6.15. The number of hydrogen-bond donors (Lipinski definition) is 0. The Balaban J connectivity index is 3.00. The van der Waals surface area contributed by atoms with Gasteiger partial charge in [0.25, 0.3) is 0 Å². The first-order valence-corrected chi connectivity index (χ1v) is 4.91. The van der Waals surface area contributed by atoms with E-state index < -0.39 is 0 Å². The molecule has 0 radical (unpaired) electrons. The van der Waals surface area contributed by atoms with E-state index in [2.05, 4.69) is 20.8 Å². The summed E-state index contributed by atoms with van der Waals surface area (Å²) in [6.07, 6.45) is 1.76. The summed E-state index contributed by atoms with van der Waals surface area (Å²) in [7, 11) is 0. The normalized spacial score (nSPS) is 10.8. The van der Waals surface area contributed by atoms with Crippen LogP contribution in [-0.4, -0.2) is 0 Å². The summed E-state index contributed by atoms with van der Waals surface area (Å²) in [6, 6.07) is 5.36. The van der Waals surface area contributed by atoms with Crippen LogP contribution < -0.4 is 0 Å². The summed E-state index contributed by atoms with van der Waals surface area (Å²) in [4.78, 5) is 0. The zero-order valence-electron chi connectivity index (χ0n) is 8.60. The van der Waals surface area contributed by atoms with Crippen molar-refractivity contribution < 1.29 is 4.39 Å². The standard InChI is InChI=1S/C12H17F/c1-4-10-6-5-7-12(13)11(10)8-9(2)3/h5-7,9H,4,8H2,1-3H3. The van der Waals surface area contributed by atoms with Crippen molar-refractivity contribution in [2.45, 2.75) is 33.6 Å². The van der Waals surface area contributed by atoms with E-state index in [1.165, 1.54) is 0 Å². The fraction of sp³-hybridized carbons (Fsp3) is 0.500. The van der Waals surface area contributed by atoms with E-state index in [0.717, 1.165) is 24.0 Å². The minimum absolute atomic E-state index is 0.0481. The third kappa shape index (κ3) is 2.55. The van der Waals surface area contributed by atoms with Crippen LogP contribution in [0.2, 0.25) is 0 Å². The van der Waals surface area contributed by atoms with E-state index >= 15 is 0 Å². The van der Waals surface area contributed by atoms with Gasteiger partial charge in [0, 0.05) is 0 Å². The lowest BCUT2D eigenvalue weighted by Crippen LogP contribution is -2.01. The maximum atomic E-state index is 13.4. The highest BCUT2D eigenvalue weighted by Crippen LogP contribution is 2.18. The molecule has 1 heteroatoms. The van der Waals surface area contributed by atoms with Crippen molar-refractivity contribution in [2.24, 2.45) is 5.92 Å². The maximum absolute atomic E-state index is 13.4. The fourth-order valence-corrected chi connectivity index (χ4v) is 1.57. The molecule has 0 spiro atoms. The molecular formula is C12H17F. The van der Waals surface area contributed by atoms with Crippen LogP contribution in [0.4, 0.5) is 4.39 Å². The molecule has 0 unspecified atom stereocenters. The molecule has 0 aliphatic rings. The Bertz CT molecular complexity index is 276. The lowest BCUT2D eigenvalue weighted by molar-refractivity contribution is 0.569. The van der Waals surface area contributed by atoms with Gasteiger partial charge in [0.1, 0.15) is 5.82 Å². The zero-order chi connectivity index (χ0) is 9.84. The first kappa shape index (κ1) is 10.2. The summed E-state index contributed by atoms with van der Waals surface area (Å²) < 4.78 is 13.4. The van der Waals surface area contributed by atoms with Crippen LogP contribution in [0.1, 0.15) is 31.9 Å². The Morgan fingerprint density at radius 3 is 2.54 bits per heavy atom. The minimum atomic E-state index is -0.0481. The summed E-state index contributed by atoms with van der Waals surface area (Å²) in [6.45, 7) is 6.30. The molecule has 0 heterocycles. The van der Waals surface area contributed by atoms with Crippen LogP contribution in [0.25, 0.3) is 0 Å². The molecule has 0 saturated heterocycles. The maximum Gasteiger partial charge on any atom is 0.126 e. The van der Waals surface area contributed by atoms with Crippen molar-refractivity contribution in [1.82, 2.24) is 0 Å². The lowest BCUT2D eigenvalue weighted by atomic mass is 9.96. The Morgan fingerprint density at radius 1 is 1.31 bits per heavy atom. The van der Waals surface area contributed by atoms with Crippen molar-refractivity contribution >= 4 is 0 Å². The van der Waals surface area contributed by atoms with Crippen molar-refractivity contribution in [1.29, 1.82) is 0 Å². The average molecular weight is 180 g/mol. The van der Waals surface area contributed by atoms with E-state index in [-0.39, 0.29) is 5.82 Å². The first-order valence-electron chi connectivity index (χ1n) is 4.91. The topological polar surface area (TPSA) is 0 Å². The smallest absolute Gasteiger partial charge is 0.126 e. The number of hydrogen-bond acceptors (Lipinski definition) is 0. The van der Waals surface area contributed by atoms with Crippen molar-refractivity contribution in [2.75, 3.05) is 0 Å². The second-order valence-electron chi connectivity index (χ2n) is 3.83. The lowest BCUT2D eigenvalue weighted by Gasteiger charge is -2.10. The monoisotopic (exact) mass is 180 g/mol. The molecule has 0 bridgehead atoms. The minimum Gasteiger partial charge on any atom is -0.207 e. The average Bonchev–Trinajstić information content (AvgIpc) is 2.08. The zero-order valence-corrected chi connectivity index (χ0v) is 8.60. The van der Waals surface area contributed by atoms with Gasteiger partial charge in [-0.15, -0.1) is 0 Å². The summed E-state index contributed by atoms with van der Waals surface area (Å²) in [5.74, 6) is 0.468. The molecule has 0 amide bonds. The molecule has 1 aromatic carbocycles. The summed E-state index contributed by atoms with van der Waals surface area (Å²) in [5, 5.41) is 0. The summed E-state index contributed by atoms with van der Waals surface area (Å²) >= 11 is 0. The quantitative estimate of drug-likeness (QED) is 0.667. The molecule has 1 rings (SSSR count). The van der Waals surface area contributed by atoms with Gasteiger partial charge in [-0.05, 0) is 36.0 Å². The highest BCUT2D eigenvalue weighted by Gasteiger charge is 2.08. The largest absolute Gasteiger partial charge is 0.207 e. The number of benzene rings is 1. The number of aryl methyl sites for hydroxylation is 1. The van der Waals surface area contributed by atoms with Gasteiger partial charge in [-0.3, -0.25) is 0 Å². The number of halogens is 1. The third-order valence-electron chi connectivity index (χ3n) is 2.21. The van der Waals surface area contributed by atoms with Crippen LogP contribution in [-0.2, 0) is 12.8 Å². The molecule has 72 valence electrons. The van der Waals surface area contributed by atoms with Gasteiger partial charge >= 0.3 is 0 Å². The Kier molecular flexibility index (Phi) is 3.47. The van der Waals surface area contributed by atoms with E-state index in [9.17, 15) is 4.39 Å². The number of rotatable bonds is 3. The Hall–Kier alpha value is -0.850. The van der Waals surface area contributed by atoms with Crippen LogP contribution in [0.15, 0.2) is 18.2 Å². The molecule has 0 N–H and O–H groups in total. The molecular weight excluding hydrogens is 163 g/mol. The van der Waals surface area contributed by atoms with Crippen molar-refractivity contribution in [3.8, 4) is 0 Å². The predicted octanol–water partition coefficient (Wildman–Crippen LogP) is 3.59. The molecule has 1 aromatic rings. The molecule has 0 atom stereocenters. The van der Waals surface area contributed by atoms with Gasteiger partial charge < -0.3 is 0 Å². The van der Waals surface area contributed by atoms with Gasteiger partial charge in [-0.2, -0.15) is 0 Å². The molecule has 0 nitrogen and oxygen atoms in total. The van der Waals surface area contributed by atoms with Gasteiger partial charge in [0.2, 0.25) is 0 Å². The SMILES string of the molecule is CCc1cccc(F)c1CC(C)C. The van der Waals surface area contributed by atoms with Gasteiger partial charge in [0.15, 0.2) is 0 Å². The van der Waals surface area contributed by atoms with E-state index in [0.29, 0.717) is 5.92 Å². The van der Waals surface area contributed by atoms with E-state index in [1.54, 1.807) is 12.1 Å². The molecule has 0 aliphatic carbocycles. The van der Waals surface area contributed by atoms with Gasteiger partial charge in [0.05, 0.1) is 0 Å². The summed E-state index contributed by atoms with van der Waals surface area (Å²) in [5.41, 5.74) is 2.05. The Labute approximate surface area is 79.8 Å². The van der Waals surface area contributed by atoms with E-state index in [1.807, 2.05) is 6.07 Å². The van der Waals surface area contributed by atoms with Crippen molar-refractivity contribution in [3.63, 3.8) is 0 Å². The molecule has 0 aromatic heterocycles. The fourth-order valence-electron chi connectivity index (χ4n) is 1.57. The second-order valence-corrected chi connectivity index (χ2v) is 3.83. The van der Waals surface area contributed by atoms with Gasteiger partial charge in [-0.1, -0.05) is 32.9 Å². The highest BCUT2D eigenvalue weighted by atomic mass is 19.1. The van der Waals surface area contributed by atoms with Crippen LogP contribution in [0.3, 0.4) is 0 Å². The molecule has 13 heavy (non-hydrogen) atoms. The van der Waals surface area contributed by atoms with Gasteiger partial charge in [-0.25, -0.2) is 4.39 Å². The molecule has 0 fully saturated rings. The highest BCUT2D eigenvalue weighted by molar-refractivity contribution is 5.28. The molecule has 0 saturated carbocycles. The second kappa shape index (κ2) is 4.40. The molecule has 0 aliphatic heterocycles. The van der Waals surface area contributed by atoms with Crippen LogP contribution in [0.5, 0.6) is 0 Å². The Morgan fingerprint density at radius 2 is 2.00 bits per heavy atom. The third-order valence-corrected chi connectivity index (χ3v) is 2.21. The van der Waals surface area contributed by atoms with Crippen LogP contribution >= 0.6 is 0 Å². The van der Waals surface area contributed by atoms with Crippen molar-refractivity contribution in [3.05, 3.63) is 35.1 Å².